The summed E-state index contributed by atoms with van der Waals surface area (Å²) in [5.74, 6) is 0.684. The summed E-state index contributed by atoms with van der Waals surface area (Å²) < 4.78 is 2.39. The number of amides is 1. The lowest BCUT2D eigenvalue weighted by atomic mass is 10.2. The SMILES string of the molecule is Cc1cccc(-n2cc3c(NC(=O)O)cc(Br)cc3n2)n1. The van der Waals surface area contributed by atoms with Crippen molar-refractivity contribution in [1.29, 1.82) is 0 Å². The molecular formula is C14H11BrN4O2. The Morgan fingerprint density at radius 3 is 2.90 bits per heavy atom. The van der Waals surface area contributed by atoms with Crippen molar-refractivity contribution in [3.05, 3.63) is 46.7 Å². The molecule has 6 nitrogen and oxygen atoms in total. The van der Waals surface area contributed by atoms with Crippen molar-refractivity contribution in [2.75, 3.05) is 5.32 Å². The number of hydrogen-bond acceptors (Lipinski definition) is 3. The Morgan fingerprint density at radius 1 is 1.38 bits per heavy atom. The normalized spacial score (nSPS) is 10.8. The minimum absolute atomic E-state index is 0.478. The van der Waals surface area contributed by atoms with Gasteiger partial charge in [-0.05, 0) is 31.2 Å². The van der Waals surface area contributed by atoms with E-state index in [9.17, 15) is 4.79 Å². The van der Waals surface area contributed by atoms with E-state index in [1.165, 1.54) is 0 Å². The number of rotatable bonds is 2. The third-order valence-electron chi connectivity index (χ3n) is 2.94. The number of carbonyl (C=O) groups is 1. The second-order valence-corrected chi connectivity index (χ2v) is 5.44. The Morgan fingerprint density at radius 2 is 2.19 bits per heavy atom. The van der Waals surface area contributed by atoms with Gasteiger partial charge in [0.25, 0.3) is 0 Å². The maximum Gasteiger partial charge on any atom is 0.409 e. The number of hydrogen-bond donors (Lipinski definition) is 2. The van der Waals surface area contributed by atoms with Crippen molar-refractivity contribution in [3.8, 4) is 5.82 Å². The number of halogens is 1. The predicted molar refractivity (Wildman–Crippen MR) is 82.9 cm³/mol. The summed E-state index contributed by atoms with van der Waals surface area (Å²) in [5.41, 5.74) is 2.04. The first-order valence-corrected chi connectivity index (χ1v) is 6.95. The van der Waals surface area contributed by atoms with Gasteiger partial charge in [-0.25, -0.2) is 14.5 Å². The number of nitrogens with zero attached hydrogens (tertiary/aromatic N) is 3. The van der Waals surface area contributed by atoms with E-state index in [0.29, 0.717) is 22.4 Å². The van der Waals surface area contributed by atoms with E-state index in [2.05, 4.69) is 31.3 Å². The van der Waals surface area contributed by atoms with Crippen LogP contribution in [0.5, 0.6) is 0 Å². The summed E-state index contributed by atoms with van der Waals surface area (Å²) in [7, 11) is 0. The number of aryl methyl sites for hydroxylation is 1. The zero-order chi connectivity index (χ0) is 15.0. The smallest absolute Gasteiger partial charge is 0.409 e. The molecule has 0 saturated heterocycles. The van der Waals surface area contributed by atoms with Crippen LogP contribution in [0.25, 0.3) is 16.7 Å². The van der Waals surface area contributed by atoms with Crippen LogP contribution in [-0.4, -0.2) is 26.0 Å². The highest BCUT2D eigenvalue weighted by molar-refractivity contribution is 9.10. The molecule has 0 saturated carbocycles. The van der Waals surface area contributed by atoms with Gasteiger partial charge in [0, 0.05) is 21.7 Å². The molecule has 3 rings (SSSR count). The lowest BCUT2D eigenvalue weighted by Crippen LogP contribution is -2.07. The van der Waals surface area contributed by atoms with Crippen LogP contribution in [0.3, 0.4) is 0 Å². The van der Waals surface area contributed by atoms with E-state index in [0.717, 1.165) is 10.2 Å². The summed E-state index contributed by atoms with van der Waals surface area (Å²) in [6.45, 7) is 1.90. The first kappa shape index (κ1) is 13.6. The molecule has 2 N–H and O–H groups in total. The fourth-order valence-electron chi connectivity index (χ4n) is 2.08. The molecule has 0 fully saturated rings. The molecule has 0 bridgehead atoms. The van der Waals surface area contributed by atoms with Crippen LogP contribution in [-0.2, 0) is 0 Å². The molecule has 0 aliphatic heterocycles. The highest BCUT2D eigenvalue weighted by Gasteiger charge is 2.11. The lowest BCUT2D eigenvalue weighted by molar-refractivity contribution is 0.210. The number of nitrogens with one attached hydrogen (secondary N) is 1. The van der Waals surface area contributed by atoms with Crippen molar-refractivity contribution in [1.82, 2.24) is 14.8 Å². The van der Waals surface area contributed by atoms with Crippen molar-refractivity contribution in [3.63, 3.8) is 0 Å². The first-order valence-electron chi connectivity index (χ1n) is 6.16. The Bertz CT molecular complexity index is 844. The number of fused-ring (bicyclic) bond motifs is 1. The minimum atomic E-state index is -1.11. The Balaban J connectivity index is 2.17. The molecule has 0 atom stereocenters. The number of anilines is 1. The van der Waals surface area contributed by atoms with Crippen LogP contribution in [0, 0.1) is 6.92 Å². The highest BCUT2D eigenvalue weighted by Crippen LogP contribution is 2.28. The molecule has 0 unspecified atom stereocenters. The molecule has 7 heteroatoms. The summed E-state index contributed by atoms with van der Waals surface area (Å²) in [6, 6.07) is 9.18. The van der Waals surface area contributed by atoms with Gasteiger partial charge in [-0.2, -0.15) is 5.10 Å². The molecule has 0 aliphatic carbocycles. The van der Waals surface area contributed by atoms with Gasteiger partial charge in [0.15, 0.2) is 5.82 Å². The van der Waals surface area contributed by atoms with Crippen LogP contribution >= 0.6 is 15.9 Å². The second-order valence-electron chi connectivity index (χ2n) is 4.53. The average molecular weight is 347 g/mol. The van der Waals surface area contributed by atoms with Gasteiger partial charge in [0.1, 0.15) is 0 Å². The minimum Gasteiger partial charge on any atom is -0.465 e. The third kappa shape index (κ3) is 2.73. The van der Waals surface area contributed by atoms with Crippen molar-refractivity contribution in [2.24, 2.45) is 0 Å². The fourth-order valence-corrected chi connectivity index (χ4v) is 2.53. The Kier molecular flexibility index (Phi) is 3.34. The quantitative estimate of drug-likeness (QED) is 0.743. The highest BCUT2D eigenvalue weighted by atomic mass is 79.9. The van der Waals surface area contributed by atoms with E-state index >= 15 is 0 Å². The number of pyridine rings is 1. The van der Waals surface area contributed by atoms with Gasteiger partial charge in [0.2, 0.25) is 0 Å². The maximum absolute atomic E-state index is 10.9. The van der Waals surface area contributed by atoms with E-state index in [1.807, 2.05) is 31.2 Å². The van der Waals surface area contributed by atoms with Gasteiger partial charge >= 0.3 is 6.09 Å². The van der Waals surface area contributed by atoms with Crippen LogP contribution < -0.4 is 5.32 Å². The number of carboxylic acid groups (broad SMARTS) is 1. The molecular weight excluding hydrogens is 336 g/mol. The topological polar surface area (TPSA) is 80.0 Å². The molecule has 106 valence electrons. The summed E-state index contributed by atoms with van der Waals surface area (Å²) >= 11 is 3.35. The lowest BCUT2D eigenvalue weighted by Gasteiger charge is -2.02. The number of aromatic nitrogens is 3. The zero-order valence-electron chi connectivity index (χ0n) is 11.0. The van der Waals surface area contributed by atoms with Crippen LogP contribution in [0.4, 0.5) is 10.5 Å². The Hall–Kier alpha value is -2.41. The van der Waals surface area contributed by atoms with E-state index in [1.54, 1.807) is 16.9 Å². The van der Waals surface area contributed by atoms with Crippen LogP contribution in [0.1, 0.15) is 5.69 Å². The summed E-state index contributed by atoms with van der Waals surface area (Å²) in [5, 5.41) is 16.4. The molecule has 0 spiro atoms. The monoisotopic (exact) mass is 346 g/mol. The average Bonchev–Trinajstić information content (AvgIpc) is 2.82. The molecule has 3 aromatic rings. The summed E-state index contributed by atoms with van der Waals surface area (Å²) in [4.78, 5) is 15.3. The zero-order valence-corrected chi connectivity index (χ0v) is 12.6. The van der Waals surface area contributed by atoms with E-state index < -0.39 is 6.09 Å². The van der Waals surface area contributed by atoms with Gasteiger partial charge in [0.05, 0.1) is 11.2 Å². The van der Waals surface area contributed by atoms with E-state index in [4.69, 9.17) is 5.11 Å². The molecule has 1 aromatic carbocycles. The van der Waals surface area contributed by atoms with E-state index in [-0.39, 0.29) is 0 Å². The maximum atomic E-state index is 10.9. The standard InChI is InChI=1S/C14H11BrN4O2/c1-8-3-2-4-13(16-8)19-7-10-11(17-14(20)21)5-9(15)6-12(10)18-19/h2-7,17H,1H3,(H,20,21). The fraction of sp³-hybridized carbons (Fsp3) is 0.0714. The molecule has 2 aromatic heterocycles. The second kappa shape index (κ2) is 5.17. The Labute approximate surface area is 128 Å². The van der Waals surface area contributed by atoms with Crippen LogP contribution in [0.15, 0.2) is 41.0 Å². The van der Waals surface area contributed by atoms with Gasteiger partial charge < -0.3 is 5.11 Å². The van der Waals surface area contributed by atoms with Crippen LogP contribution in [0.2, 0.25) is 0 Å². The predicted octanol–water partition coefficient (Wildman–Crippen LogP) is 3.58. The van der Waals surface area contributed by atoms with Crippen molar-refractivity contribution in [2.45, 2.75) is 6.92 Å². The molecule has 21 heavy (non-hydrogen) atoms. The van der Waals surface area contributed by atoms with Crippen molar-refractivity contribution >= 4 is 38.6 Å². The molecule has 0 aliphatic rings. The molecule has 2 heterocycles. The molecule has 1 amide bonds. The van der Waals surface area contributed by atoms with Gasteiger partial charge in [-0.3, -0.25) is 5.32 Å². The first-order chi connectivity index (χ1) is 10.0. The summed E-state index contributed by atoms with van der Waals surface area (Å²) in [6.07, 6.45) is 0.644. The largest absolute Gasteiger partial charge is 0.465 e. The van der Waals surface area contributed by atoms with Gasteiger partial charge in [-0.15, -0.1) is 0 Å². The molecule has 0 radical (unpaired) electrons. The van der Waals surface area contributed by atoms with Crippen molar-refractivity contribution < 1.29 is 9.90 Å². The number of benzene rings is 1. The van der Waals surface area contributed by atoms with Gasteiger partial charge in [-0.1, -0.05) is 22.0 Å². The third-order valence-corrected chi connectivity index (χ3v) is 3.40.